The van der Waals surface area contributed by atoms with E-state index in [2.05, 4.69) is 5.32 Å². The fourth-order valence-electron chi connectivity index (χ4n) is 5.69. The molecule has 2 heterocycles. The molecule has 2 N–H and O–H groups in total. The fraction of sp³-hybridized carbons (Fsp3) is 0.467. The minimum absolute atomic E-state index is 0.174. The number of nitrogens with one attached hydrogen (secondary N) is 1. The maximum absolute atomic E-state index is 13.1. The second-order valence-corrected chi connectivity index (χ2v) is 12.1. The van der Waals surface area contributed by atoms with Crippen molar-refractivity contribution in [1.29, 1.82) is 0 Å². The first kappa shape index (κ1) is 36.2. The van der Waals surface area contributed by atoms with Gasteiger partial charge in [0.25, 0.3) is 28.3 Å². The summed E-state index contributed by atoms with van der Waals surface area (Å²) < 4.78 is 0. The third-order valence-electron chi connectivity index (χ3n) is 8.26. The molecule has 0 aliphatic carbocycles. The highest BCUT2D eigenvalue weighted by molar-refractivity contribution is 6.14. The molecule has 0 bridgehead atoms. The molecule has 0 saturated carbocycles. The highest BCUT2D eigenvalue weighted by Crippen LogP contribution is 2.37. The summed E-state index contributed by atoms with van der Waals surface area (Å²) in [6.45, 7) is 8.44. The number of amides is 4. The van der Waals surface area contributed by atoms with Crippen molar-refractivity contribution >= 4 is 35.0 Å². The van der Waals surface area contributed by atoms with Crippen LogP contribution < -0.4 is 5.32 Å². The second-order valence-electron chi connectivity index (χ2n) is 12.1. The molecule has 0 aromatic heterocycles. The summed E-state index contributed by atoms with van der Waals surface area (Å²) in [7, 11) is 0. The van der Waals surface area contributed by atoms with E-state index in [0.717, 1.165) is 0 Å². The number of non-ortho nitro benzene ring substituents is 2. The van der Waals surface area contributed by atoms with Gasteiger partial charge in [0.05, 0.1) is 31.8 Å². The predicted molar refractivity (Wildman–Crippen MR) is 164 cm³/mol. The van der Waals surface area contributed by atoms with E-state index in [1.165, 1.54) is 46.2 Å². The molecule has 2 aliphatic rings. The monoisotopic (exact) mass is 656 g/mol. The lowest BCUT2D eigenvalue weighted by Gasteiger charge is -2.37. The highest BCUT2D eigenvalue weighted by Gasteiger charge is 2.46. The van der Waals surface area contributed by atoms with Crippen molar-refractivity contribution in [3.05, 3.63) is 89.0 Å². The molecule has 2 aliphatic heterocycles. The molecule has 0 spiro atoms. The second kappa shape index (κ2) is 14.4. The van der Waals surface area contributed by atoms with Gasteiger partial charge in [0.15, 0.2) is 0 Å². The summed E-state index contributed by atoms with van der Waals surface area (Å²) in [5, 5.41) is 39.3. The van der Waals surface area contributed by atoms with E-state index in [0.29, 0.717) is 49.9 Å². The van der Waals surface area contributed by atoms with Gasteiger partial charge < -0.3 is 10.5 Å². The Morgan fingerprint density at radius 1 is 0.660 bits per heavy atom. The number of nitro groups is 2. The number of benzene rings is 2. The molecule has 252 valence electrons. The molecule has 0 radical (unpaired) electrons. The van der Waals surface area contributed by atoms with Gasteiger partial charge in [-0.2, -0.15) is 0 Å². The molecule has 17 nitrogen and oxygen atoms in total. The maximum atomic E-state index is 13.1. The lowest BCUT2D eigenvalue weighted by Crippen LogP contribution is -2.52. The third-order valence-corrected chi connectivity index (χ3v) is 8.26. The number of carbonyl (C=O) groups excluding carboxylic acids is 4. The van der Waals surface area contributed by atoms with Crippen LogP contribution in [0.15, 0.2) is 36.4 Å². The van der Waals surface area contributed by atoms with Gasteiger partial charge in [-0.1, -0.05) is 12.1 Å². The van der Waals surface area contributed by atoms with Gasteiger partial charge in [-0.15, -0.1) is 10.1 Å². The first-order chi connectivity index (χ1) is 21.9. The normalized spacial score (nSPS) is 16.2. The van der Waals surface area contributed by atoms with E-state index < -0.39 is 37.6 Å². The number of hydrogen-bond acceptors (Lipinski definition) is 11. The van der Waals surface area contributed by atoms with Crippen molar-refractivity contribution < 1.29 is 39.3 Å². The number of rotatable bonds is 12. The molecule has 0 saturated heterocycles. The molecule has 4 amide bonds. The Morgan fingerprint density at radius 3 is 1.32 bits per heavy atom. The summed E-state index contributed by atoms with van der Waals surface area (Å²) in [6.07, 6.45) is 2.43. The quantitative estimate of drug-likeness (QED) is 0.144. The van der Waals surface area contributed by atoms with Crippen LogP contribution in [0.3, 0.4) is 0 Å². The number of fused-ring (bicyclic) bond motifs is 2. The lowest BCUT2D eigenvalue weighted by atomic mass is 9.77. The molecular weight excluding hydrogens is 620 g/mol. The van der Waals surface area contributed by atoms with E-state index in [1.54, 1.807) is 27.7 Å². The minimum Gasteiger partial charge on any atom is -0.328 e. The van der Waals surface area contributed by atoms with Gasteiger partial charge in [0, 0.05) is 37.4 Å². The van der Waals surface area contributed by atoms with Crippen molar-refractivity contribution in [1.82, 2.24) is 15.1 Å². The molecule has 4 rings (SSSR count). The van der Waals surface area contributed by atoms with E-state index in [1.807, 2.05) is 0 Å². The predicted octanol–water partition coefficient (Wildman–Crippen LogP) is 3.53. The van der Waals surface area contributed by atoms with Crippen molar-refractivity contribution in [2.75, 3.05) is 26.2 Å². The van der Waals surface area contributed by atoms with E-state index >= 15 is 0 Å². The van der Waals surface area contributed by atoms with Crippen LogP contribution >= 0.6 is 0 Å². The zero-order valence-corrected chi connectivity index (χ0v) is 26.4. The molecule has 47 heavy (non-hydrogen) atoms. The van der Waals surface area contributed by atoms with E-state index in [-0.39, 0.29) is 47.4 Å². The Morgan fingerprint density at radius 2 is 1.00 bits per heavy atom. The van der Waals surface area contributed by atoms with Crippen LogP contribution in [0.2, 0.25) is 0 Å². The summed E-state index contributed by atoms with van der Waals surface area (Å²) in [4.78, 5) is 84.2. The third kappa shape index (κ3) is 7.74. The molecule has 0 atom stereocenters. The number of imide groups is 2. The van der Waals surface area contributed by atoms with Crippen molar-refractivity contribution in [3.63, 3.8) is 0 Å². The molecule has 0 unspecified atom stereocenters. The summed E-state index contributed by atoms with van der Waals surface area (Å²) in [5.41, 5.74) is -1.07. The standard InChI is InChI=1S/C30H35N5O8.HNO3/c1-29(2)23-11-9-19(34(40)41)17-21(23)25(36)32(27(29)38)15-7-5-13-31-14-6-8-16-33-26(37)22-18-20(35(42)43)10-12-24(22)30(3,4)28(33)39;2-1(3)4/h9-12,17-18,31H,5-8,13-16H2,1-4H3;(H,2,3,4). The topological polar surface area (TPSA) is 236 Å². The van der Waals surface area contributed by atoms with Crippen LogP contribution in [-0.2, 0) is 20.4 Å². The number of carbonyl (C=O) groups is 4. The zero-order valence-electron chi connectivity index (χ0n) is 26.4. The molecule has 0 fully saturated rings. The van der Waals surface area contributed by atoms with Crippen LogP contribution in [-0.4, -0.2) is 79.7 Å². The Kier molecular flexibility index (Phi) is 11.1. The zero-order chi connectivity index (χ0) is 35.3. The Balaban J connectivity index is 0.00000142. The fourth-order valence-corrected chi connectivity index (χ4v) is 5.69. The summed E-state index contributed by atoms with van der Waals surface area (Å²) in [5.74, 6) is -1.74. The number of nitro benzene ring substituents is 2. The van der Waals surface area contributed by atoms with Gasteiger partial charge in [-0.3, -0.25) is 49.2 Å². The number of nitrogens with zero attached hydrogens (tertiary/aromatic N) is 5. The van der Waals surface area contributed by atoms with Gasteiger partial charge in [0.2, 0.25) is 11.8 Å². The van der Waals surface area contributed by atoms with Crippen LogP contribution in [0.1, 0.15) is 85.2 Å². The minimum atomic E-state index is -1.50. The first-order valence-corrected chi connectivity index (χ1v) is 14.8. The Labute approximate surface area is 268 Å². The Hall–Kier alpha value is -5.32. The smallest absolute Gasteiger partial charge is 0.291 e. The summed E-state index contributed by atoms with van der Waals surface area (Å²) in [6, 6.07) is 8.03. The van der Waals surface area contributed by atoms with Crippen LogP contribution in [0.4, 0.5) is 11.4 Å². The Bertz CT molecular complexity index is 1510. The largest absolute Gasteiger partial charge is 0.328 e. The molecule has 2 aromatic rings. The lowest BCUT2D eigenvalue weighted by molar-refractivity contribution is -0.742. The average molecular weight is 657 g/mol. The van der Waals surface area contributed by atoms with Crippen molar-refractivity contribution in [2.24, 2.45) is 0 Å². The SMILES string of the molecule is CC1(C)C(=O)N(CCCCNCCCCN2C(=O)c3cc([N+](=O)[O-])ccc3C(C)(C)C2=O)C(=O)c2cc([N+](=O)[O-])ccc21.O=[N+]([O-])O. The van der Waals surface area contributed by atoms with Crippen LogP contribution in [0, 0.1) is 30.3 Å². The summed E-state index contributed by atoms with van der Waals surface area (Å²) >= 11 is 0. The van der Waals surface area contributed by atoms with Gasteiger partial charge in [-0.05, 0) is 77.6 Å². The molecule has 17 heteroatoms. The number of hydrogen-bond donors (Lipinski definition) is 2. The van der Waals surface area contributed by atoms with Gasteiger partial charge in [-0.25, -0.2) is 0 Å². The van der Waals surface area contributed by atoms with Crippen molar-refractivity contribution in [3.8, 4) is 0 Å². The van der Waals surface area contributed by atoms with E-state index in [9.17, 15) is 39.4 Å². The van der Waals surface area contributed by atoms with Gasteiger partial charge in [0.1, 0.15) is 0 Å². The highest BCUT2D eigenvalue weighted by atomic mass is 16.9. The van der Waals surface area contributed by atoms with Crippen LogP contribution in [0.5, 0.6) is 0 Å². The van der Waals surface area contributed by atoms with Crippen LogP contribution in [0.25, 0.3) is 0 Å². The first-order valence-electron chi connectivity index (χ1n) is 14.8. The number of unbranched alkanes of at least 4 members (excludes halogenated alkanes) is 2. The maximum Gasteiger partial charge on any atom is 0.291 e. The van der Waals surface area contributed by atoms with Gasteiger partial charge >= 0.3 is 0 Å². The molecule has 2 aromatic carbocycles. The average Bonchev–Trinajstić information content (AvgIpc) is 3.00. The van der Waals surface area contributed by atoms with E-state index in [4.69, 9.17) is 15.3 Å². The van der Waals surface area contributed by atoms with Crippen molar-refractivity contribution in [2.45, 2.75) is 64.2 Å². The molecular formula is C30H36N6O11.